The van der Waals surface area contributed by atoms with Crippen LogP contribution in [0.15, 0.2) is 12.7 Å². The number of aliphatic hydroxyl groups is 3. The Morgan fingerprint density at radius 3 is 2.60 bits per heavy atom. The highest BCUT2D eigenvalue weighted by atomic mass is 16.3. The van der Waals surface area contributed by atoms with Gasteiger partial charge in [-0.25, -0.2) is 0 Å². The maximum Gasteiger partial charge on any atom is 0.134 e. The Morgan fingerprint density at radius 1 is 1.20 bits per heavy atom. The van der Waals surface area contributed by atoms with Gasteiger partial charge < -0.3 is 15.3 Å². The molecular weight excluding hydrogens is 252 g/mol. The van der Waals surface area contributed by atoms with E-state index < -0.39 is 18.3 Å². The summed E-state index contributed by atoms with van der Waals surface area (Å²) in [5.74, 6) is 11.5. The fraction of sp³-hybridized carbons (Fsp3) is 0.647. The zero-order valence-electron chi connectivity index (χ0n) is 12.0. The molecule has 0 aromatic rings. The third-order valence-corrected chi connectivity index (χ3v) is 3.62. The van der Waals surface area contributed by atoms with E-state index in [1.165, 1.54) is 25.3 Å². The Balaban J connectivity index is 2.25. The minimum Gasteiger partial charge on any atom is -0.390 e. The molecular formula is C17H24O3. The lowest BCUT2D eigenvalue weighted by molar-refractivity contribution is 0.0137. The monoisotopic (exact) mass is 276 g/mol. The van der Waals surface area contributed by atoms with Crippen LogP contribution in [0.5, 0.6) is 0 Å². The van der Waals surface area contributed by atoms with Gasteiger partial charge >= 0.3 is 0 Å². The van der Waals surface area contributed by atoms with Crippen LogP contribution in [-0.4, -0.2) is 33.6 Å². The lowest BCUT2D eigenvalue weighted by Gasteiger charge is -2.15. The lowest BCUT2D eigenvalue weighted by Crippen LogP contribution is -2.26. The third-order valence-electron chi connectivity index (χ3n) is 3.62. The molecule has 3 heteroatoms. The molecule has 0 aliphatic heterocycles. The molecule has 1 aliphatic carbocycles. The largest absolute Gasteiger partial charge is 0.390 e. The van der Waals surface area contributed by atoms with E-state index in [-0.39, 0.29) is 6.42 Å². The molecule has 1 saturated carbocycles. The summed E-state index contributed by atoms with van der Waals surface area (Å²) in [5.41, 5.74) is 0. The van der Waals surface area contributed by atoms with Crippen LogP contribution in [0.4, 0.5) is 0 Å². The highest BCUT2D eigenvalue weighted by Gasteiger charge is 2.38. The van der Waals surface area contributed by atoms with Crippen molar-refractivity contribution in [3.05, 3.63) is 12.7 Å². The van der Waals surface area contributed by atoms with Crippen LogP contribution in [0.25, 0.3) is 0 Å². The van der Waals surface area contributed by atoms with Crippen LogP contribution in [0, 0.1) is 35.5 Å². The van der Waals surface area contributed by atoms with Crippen molar-refractivity contribution in [2.24, 2.45) is 11.8 Å². The van der Waals surface area contributed by atoms with Crippen molar-refractivity contribution in [1.29, 1.82) is 0 Å². The second-order valence-corrected chi connectivity index (χ2v) is 5.37. The normalized spacial score (nSPS) is 24.4. The van der Waals surface area contributed by atoms with Gasteiger partial charge in [-0.15, -0.1) is 0 Å². The molecule has 3 N–H and O–H groups in total. The summed E-state index contributed by atoms with van der Waals surface area (Å²) in [5, 5.41) is 28.8. The zero-order chi connectivity index (χ0) is 15.0. The van der Waals surface area contributed by atoms with Crippen molar-refractivity contribution in [3.63, 3.8) is 0 Å². The first kappa shape index (κ1) is 16.8. The van der Waals surface area contributed by atoms with E-state index in [1.807, 2.05) is 0 Å². The summed E-state index contributed by atoms with van der Waals surface area (Å²) in [4.78, 5) is 0. The smallest absolute Gasteiger partial charge is 0.134 e. The average Bonchev–Trinajstić information content (AvgIpc) is 3.16. The van der Waals surface area contributed by atoms with Crippen LogP contribution in [0.2, 0.25) is 0 Å². The van der Waals surface area contributed by atoms with Crippen molar-refractivity contribution < 1.29 is 15.3 Å². The van der Waals surface area contributed by atoms with Gasteiger partial charge in [0.1, 0.15) is 6.10 Å². The van der Waals surface area contributed by atoms with Crippen molar-refractivity contribution in [2.75, 3.05) is 0 Å². The standard InChI is InChI=1S/C17H24O3/c1-3-8-13-11-14(13)12-17(20)16(19)10-7-5-6-9-15(18)4-2/h4,13-20H,2-3,8,10-12H2,1H3. The molecule has 0 radical (unpaired) electrons. The fourth-order valence-electron chi connectivity index (χ4n) is 2.30. The molecule has 110 valence electrons. The van der Waals surface area contributed by atoms with Crippen LogP contribution in [-0.2, 0) is 0 Å². The van der Waals surface area contributed by atoms with Crippen LogP contribution >= 0.6 is 0 Å². The first-order chi connectivity index (χ1) is 9.58. The van der Waals surface area contributed by atoms with Gasteiger partial charge in [0, 0.05) is 6.42 Å². The Bertz CT molecular complexity index is 421. The average molecular weight is 276 g/mol. The second-order valence-electron chi connectivity index (χ2n) is 5.37. The van der Waals surface area contributed by atoms with Gasteiger partial charge in [0.15, 0.2) is 0 Å². The van der Waals surface area contributed by atoms with Gasteiger partial charge in [-0.2, -0.15) is 0 Å². The molecule has 0 bridgehead atoms. The molecule has 1 rings (SSSR count). The summed E-state index contributed by atoms with van der Waals surface area (Å²) in [6.45, 7) is 5.56. The minimum absolute atomic E-state index is 0.200. The van der Waals surface area contributed by atoms with E-state index in [1.54, 1.807) is 0 Å². The topological polar surface area (TPSA) is 60.7 Å². The molecule has 5 unspecified atom stereocenters. The van der Waals surface area contributed by atoms with Gasteiger partial charge in [-0.1, -0.05) is 44.3 Å². The number of hydrogen-bond acceptors (Lipinski definition) is 3. The molecule has 0 amide bonds. The summed E-state index contributed by atoms with van der Waals surface area (Å²) in [7, 11) is 0. The zero-order valence-corrected chi connectivity index (χ0v) is 12.0. The third kappa shape index (κ3) is 6.26. The molecule has 20 heavy (non-hydrogen) atoms. The highest BCUT2D eigenvalue weighted by Crippen LogP contribution is 2.45. The Morgan fingerprint density at radius 2 is 1.95 bits per heavy atom. The first-order valence-corrected chi connectivity index (χ1v) is 7.23. The highest BCUT2D eigenvalue weighted by molar-refractivity contribution is 5.28. The van der Waals surface area contributed by atoms with Crippen LogP contribution in [0.1, 0.15) is 39.0 Å². The van der Waals surface area contributed by atoms with E-state index in [2.05, 4.69) is 37.2 Å². The second kappa shape index (κ2) is 8.82. The molecule has 0 spiro atoms. The predicted molar refractivity (Wildman–Crippen MR) is 79.5 cm³/mol. The number of hydrogen-bond donors (Lipinski definition) is 3. The summed E-state index contributed by atoms with van der Waals surface area (Å²) in [6, 6.07) is 0. The molecule has 1 aliphatic rings. The molecule has 1 fully saturated rings. The van der Waals surface area contributed by atoms with Crippen LogP contribution < -0.4 is 0 Å². The Labute approximate surface area is 121 Å². The van der Waals surface area contributed by atoms with E-state index >= 15 is 0 Å². The SMILES string of the molecule is C=CC(O)C#CC#CCC(O)C(O)CC1CC1CCC. The van der Waals surface area contributed by atoms with E-state index in [4.69, 9.17) is 5.11 Å². The molecule has 0 saturated heterocycles. The minimum atomic E-state index is -0.870. The molecule has 0 aromatic carbocycles. The van der Waals surface area contributed by atoms with Crippen LogP contribution in [0.3, 0.4) is 0 Å². The van der Waals surface area contributed by atoms with Gasteiger partial charge in [0.25, 0.3) is 0 Å². The first-order valence-electron chi connectivity index (χ1n) is 7.23. The molecule has 5 atom stereocenters. The van der Waals surface area contributed by atoms with E-state index in [0.717, 1.165) is 5.92 Å². The Kier molecular flexibility index (Phi) is 7.41. The van der Waals surface area contributed by atoms with Gasteiger partial charge in [-0.05, 0) is 36.5 Å². The molecule has 0 aromatic heterocycles. The van der Waals surface area contributed by atoms with Crippen molar-refractivity contribution in [2.45, 2.75) is 57.3 Å². The maximum absolute atomic E-state index is 9.89. The maximum atomic E-state index is 9.89. The molecule has 3 nitrogen and oxygen atoms in total. The quantitative estimate of drug-likeness (QED) is 0.487. The summed E-state index contributed by atoms with van der Waals surface area (Å²) in [6.07, 6.45) is 3.35. The van der Waals surface area contributed by atoms with E-state index in [0.29, 0.717) is 12.3 Å². The molecule has 0 heterocycles. The number of rotatable bonds is 7. The Hall–Kier alpha value is -1.26. The van der Waals surface area contributed by atoms with E-state index in [9.17, 15) is 10.2 Å². The van der Waals surface area contributed by atoms with Gasteiger partial charge in [-0.3, -0.25) is 0 Å². The summed E-state index contributed by atoms with van der Waals surface area (Å²) < 4.78 is 0. The predicted octanol–water partition coefficient (Wildman–Crippen LogP) is 1.48. The number of aliphatic hydroxyl groups excluding tert-OH is 3. The van der Waals surface area contributed by atoms with Crippen molar-refractivity contribution in [1.82, 2.24) is 0 Å². The summed E-state index contributed by atoms with van der Waals surface area (Å²) >= 11 is 0. The van der Waals surface area contributed by atoms with Gasteiger partial charge in [0.05, 0.1) is 12.2 Å². The fourth-order valence-corrected chi connectivity index (χ4v) is 2.30. The van der Waals surface area contributed by atoms with Gasteiger partial charge in [0.2, 0.25) is 0 Å². The van der Waals surface area contributed by atoms with Crippen molar-refractivity contribution >= 4 is 0 Å². The lowest BCUT2D eigenvalue weighted by atomic mass is 10.0. The van der Waals surface area contributed by atoms with Crippen molar-refractivity contribution in [3.8, 4) is 23.7 Å².